The number of aryl methyl sites for hydroxylation is 1. The van der Waals surface area contributed by atoms with Crippen molar-refractivity contribution in [3.05, 3.63) is 176 Å². The topological polar surface area (TPSA) is 48.5 Å². The van der Waals surface area contributed by atoms with E-state index in [9.17, 15) is 0 Å². The number of nitrogens with zero attached hydrogens (tertiary/aromatic N) is 5. The highest BCUT2D eigenvalue weighted by atomic mass is 15.1. The highest BCUT2D eigenvalue weighted by Crippen LogP contribution is 2.40. The number of imidazole rings is 2. The van der Waals surface area contributed by atoms with Crippen molar-refractivity contribution < 1.29 is 0 Å². The molecular weight excluding hydrogens is 635 g/mol. The summed E-state index contributed by atoms with van der Waals surface area (Å²) < 4.78 is 4.54. The lowest BCUT2D eigenvalue weighted by atomic mass is 9.97. The van der Waals surface area contributed by atoms with Crippen LogP contribution in [0.2, 0.25) is 0 Å². The van der Waals surface area contributed by atoms with E-state index >= 15 is 0 Å². The summed E-state index contributed by atoms with van der Waals surface area (Å²) in [7, 11) is 0. The molecule has 52 heavy (non-hydrogen) atoms. The smallest absolute Gasteiger partial charge is 0.145 e. The van der Waals surface area contributed by atoms with Crippen molar-refractivity contribution in [2.45, 2.75) is 13.3 Å². The Balaban J connectivity index is 1.12. The molecule has 0 unspecified atom stereocenters. The van der Waals surface area contributed by atoms with Crippen LogP contribution in [0.4, 0.5) is 0 Å². The van der Waals surface area contributed by atoms with Gasteiger partial charge in [-0.15, -0.1) is 0 Å². The molecule has 0 fully saturated rings. The largest absolute Gasteiger partial charge is 0.296 e. The Labute approximate surface area is 301 Å². The maximum absolute atomic E-state index is 5.42. The Morgan fingerprint density at radius 1 is 0.423 bits per heavy atom. The molecule has 246 valence electrons. The lowest BCUT2D eigenvalue weighted by Gasteiger charge is -2.13. The molecule has 0 radical (unpaired) electrons. The van der Waals surface area contributed by atoms with Crippen molar-refractivity contribution >= 4 is 43.7 Å². The Kier molecular flexibility index (Phi) is 7.03. The molecule has 3 aromatic heterocycles. The Morgan fingerprint density at radius 3 is 1.79 bits per heavy atom. The van der Waals surface area contributed by atoms with Gasteiger partial charge in [-0.25, -0.2) is 15.0 Å². The second-order valence-electron chi connectivity index (χ2n) is 13.1. The van der Waals surface area contributed by atoms with Crippen LogP contribution < -0.4 is 0 Å². The number of hydrogen-bond acceptors (Lipinski definition) is 3. The number of fused-ring (bicyclic) bond motifs is 6. The first-order chi connectivity index (χ1) is 25.7. The van der Waals surface area contributed by atoms with Crippen LogP contribution in [0.5, 0.6) is 0 Å². The molecule has 0 spiro atoms. The highest BCUT2D eigenvalue weighted by Gasteiger charge is 2.21. The number of rotatable bonds is 6. The third-order valence-corrected chi connectivity index (χ3v) is 10.1. The minimum atomic E-state index is 0.863. The van der Waals surface area contributed by atoms with Crippen LogP contribution in [0.15, 0.2) is 170 Å². The second kappa shape index (κ2) is 12.2. The van der Waals surface area contributed by atoms with Gasteiger partial charge >= 0.3 is 0 Å². The summed E-state index contributed by atoms with van der Waals surface area (Å²) in [5.74, 6) is 1.97. The van der Waals surface area contributed by atoms with E-state index in [0.717, 1.165) is 101 Å². The van der Waals surface area contributed by atoms with Gasteiger partial charge in [0.05, 0.1) is 33.3 Å². The fraction of sp³-hybridized carbons (Fsp3) is 0.0426. The first kappa shape index (κ1) is 30.0. The normalized spacial score (nSPS) is 11.6. The number of para-hydroxylation sites is 4. The summed E-state index contributed by atoms with van der Waals surface area (Å²) in [5.41, 5.74) is 12.6. The van der Waals surface area contributed by atoms with E-state index in [1.54, 1.807) is 0 Å². The first-order valence-corrected chi connectivity index (χ1v) is 17.8. The van der Waals surface area contributed by atoms with Crippen LogP contribution >= 0.6 is 0 Å². The van der Waals surface area contributed by atoms with Gasteiger partial charge in [-0.3, -0.25) is 9.13 Å². The predicted octanol–water partition coefficient (Wildman–Crippen LogP) is 11.6. The maximum Gasteiger partial charge on any atom is 0.145 e. The van der Waals surface area contributed by atoms with Crippen LogP contribution in [0, 0.1) is 0 Å². The molecule has 0 atom stereocenters. The molecule has 3 heterocycles. The van der Waals surface area contributed by atoms with Gasteiger partial charge in [-0.05, 0) is 65.0 Å². The number of benzene rings is 7. The molecule has 0 N–H and O–H groups in total. The first-order valence-electron chi connectivity index (χ1n) is 17.8. The molecule has 0 aliphatic carbocycles. The zero-order valence-corrected chi connectivity index (χ0v) is 28.6. The average Bonchev–Trinajstić information content (AvgIpc) is 3.80. The molecule has 0 saturated heterocycles. The summed E-state index contributed by atoms with van der Waals surface area (Å²) in [6, 6.07) is 59.7. The van der Waals surface area contributed by atoms with Gasteiger partial charge < -0.3 is 0 Å². The quantitative estimate of drug-likeness (QED) is 0.166. The second-order valence-corrected chi connectivity index (χ2v) is 13.1. The van der Waals surface area contributed by atoms with Crippen molar-refractivity contribution in [2.24, 2.45) is 0 Å². The van der Waals surface area contributed by atoms with Gasteiger partial charge in [-0.2, -0.15) is 0 Å². The van der Waals surface area contributed by atoms with Gasteiger partial charge in [-0.1, -0.05) is 128 Å². The maximum atomic E-state index is 5.42. The molecule has 5 heteroatoms. The molecule has 10 rings (SSSR count). The molecule has 0 aliphatic rings. The summed E-state index contributed by atoms with van der Waals surface area (Å²) in [5, 5.41) is 3.32. The standard InChI is InChI=1S/C47H33N5/c1-2-43-48-40-19-11-12-20-41(40)51(43)36-27-25-32(26-28-36)31-21-23-33(24-22-31)45-44-38(37-17-9-10-18-39(37)49-45)29-30-42-46(44)50-47(34-13-5-3-6-14-34)52(42)35-15-7-4-8-16-35/h3-30H,2H2,1H3. The molecule has 7 aromatic carbocycles. The number of hydrogen-bond donors (Lipinski definition) is 0. The van der Waals surface area contributed by atoms with Gasteiger partial charge in [0, 0.05) is 39.7 Å². The average molecular weight is 668 g/mol. The van der Waals surface area contributed by atoms with E-state index in [1.807, 2.05) is 12.1 Å². The van der Waals surface area contributed by atoms with Crippen molar-refractivity contribution in [3.8, 4) is 45.1 Å². The SMILES string of the molecule is CCc1nc2ccccc2n1-c1ccc(-c2ccc(-c3nc4ccccc4c4ccc5c(nc(-c6ccccc6)n5-c5ccccc5)c34)cc2)cc1. The number of pyridine rings is 1. The summed E-state index contributed by atoms with van der Waals surface area (Å²) >= 11 is 0. The minimum absolute atomic E-state index is 0.863. The van der Waals surface area contributed by atoms with E-state index in [4.69, 9.17) is 15.0 Å². The fourth-order valence-electron chi connectivity index (χ4n) is 7.64. The Hall–Kier alpha value is -6.85. The zero-order valence-electron chi connectivity index (χ0n) is 28.6. The summed E-state index contributed by atoms with van der Waals surface area (Å²) in [4.78, 5) is 15.6. The minimum Gasteiger partial charge on any atom is -0.296 e. The van der Waals surface area contributed by atoms with Crippen LogP contribution in [0.25, 0.3) is 88.9 Å². The fourth-order valence-corrected chi connectivity index (χ4v) is 7.64. The van der Waals surface area contributed by atoms with Crippen LogP contribution in [-0.4, -0.2) is 24.1 Å². The summed E-state index contributed by atoms with van der Waals surface area (Å²) in [6.07, 6.45) is 0.863. The Bertz CT molecular complexity index is 2900. The Morgan fingerprint density at radius 2 is 1.04 bits per heavy atom. The molecule has 0 amide bonds. The van der Waals surface area contributed by atoms with Gasteiger partial charge in [0.2, 0.25) is 0 Å². The van der Waals surface area contributed by atoms with Crippen molar-refractivity contribution in [1.82, 2.24) is 24.1 Å². The molecule has 0 bridgehead atoms. The van der Waals surface area contributed by atoms with E-state index in [1.165, 1.54) is 0 Å². The van der Waals surface area contributed by atoms with Gasteiger partial charge in [0.1, 0.15) is 11.6 Å². The van der Waals surface area contributed by atoms with Crippen LogP contribution in [0.3, 0.4) is 0 Å². The van der Waals surface area contributed by atoms with Gasteiger partial charge in [0.25, 0.3) is 0 Å². The lowest BCUT2D eigenvalue weighted by Crippen LogP contribution is -1.99. The molecule has 5 nitrogen and oxygen atoms in total. The van der Waals surface area contributed by atoms with Crippen LogP contribution in [0.1, 0.15) is 12.7 Å². The third kappa shape index (κ3) is 4.82. The molecular formula is C47H33N5. The predicted molar refractivity (Wildman–Crippen MR) is 214 cm³/mol. The highest BCUT2D eigenvalue weighted by molar-refractivity contribution is 6.20. The van der Waals surface area contributed by atoms with E-state index in [0.29, 0.717) is 0 Å². The monoisotopic (exact) mass is 667 g/mol. The lowest BCUT2D eigenvalue weighted by molar-refractivity contribution is 0.908. The molecule has 0 aliphatic heterocycles. The molecule has 10 aromatic rings. The van der Waals surface area contributed by atoms with E-state index in [2.05, 4.69) is 174 Å². The van der Waals surface area contributed by atoms with E-state index < -0.39 is 0 Å². The molecule has 0 saturated carbocycles. The van der Waals surface area contributed by atoms with Crippen molar-refractivity contribution in [1.29, 1.82) is 0 Å². The van der Waals surface area contributed by atoms with Gasteiger partial charge in [0.15, 0.2) is 0 Å². The number of aromatic nitrogens is 5. The van der Waals surface area contributed by atoms with Crippen molar-refractivity contribution in [3.63, 3.8) is 0 Å². The zero-order chi connectivity index (χ0) is 34.6. The van der Waals surface area contributed by atoms with Crippen LogP contribution in [-0.2, 0) is 6.42 Å². The third-order valence-electron chi connectivity index (χ3n) is 10.1. The van der Waals surface area contributed by atoms with Crippen molar-refractivity contribution in [2.75, 3.05) is 0 Å². The van der Waals surface area contributed by atoms with E-state index in [-0.39, 0.29) is 0 Å². The summed E-state index contributed by atoms with van der Waals surface area (Å²) in [6.45, 7) is 2.16.